The smallest absolute Gasteiger partial charge is 0.343 e. The van der Waals surface area contributed by atoms with Crippen molar-refractivity contribution in [3.8, 4) is 23.3 Å². The summed E-state index contributed by atoms with van der Waals surface area (Å²) in [6.07, 6.45) is 1.20. The molecule has 0 spiro atoms. The van der Waals surface area contributed by atoms with E-state index in [-0.39, 0.29) is 54.6 Å². The zero-order valence-electron chi connectivity index (χ0n) is 19.6. The summed E-state index contributed by atoms with van der Waals surface area (Å²) in [6.45, 7) is 0. The molecule has 1 N–H and O–H groups in total. The average Bonchev–Trinajstić information content (AvgIpc) is 2.90. The largest absolute Gasteiger partial charge is 0.497 e. The van der Waals surface area contributed by atoms with Crippen molar-refractivity contribution in [1.82, 2.24) is 0 Å². The van der Waals surface area contributed by atoms with Gasteiger partial charge >= 0.3 is 5.97 Å². The molecule has 3 rings (SSSR count). The molecule has 3 aromatic rings. The number of anilines is 1. The maximum atomic E-state index is 12.7. The van der Waals surface area contributed by atoms with Crippen molar-refractivity contribution in [2.45, 2.75) is 0 Å². The van der Waals surface area contributed by atoms with Gasteiger partial charge < -0.3 is 19.5 Å². The number of amides is 1. The molecule has 0 aliphatic heterocycles. The Hall–Kier alpha value is -4.30. The van der Waals surface area contributed by atoms with Crippen LogP contribution in [0, 0.1) is 21.4 Å². The minimum Gasteiger partial charge on any atom is -0.497 e. The Morgan fingerprint density at radius 3 is 2.16 bits per heavy atom. The van der Waals surface area contributed by atoms with Gasteiger partial charge in [-0.25, -0.2) is 4.79 Å². The molecule has 194 valence electrons. The van der Waals surface area contributed by atoms with Gasteiger partial charge in [-0.2, -0.15) is 5.26 Å². The molecule has 0 aromatic heterocycles. The Bertz CT molecular complexity index is 1480. The number of hydrogen-bond donors (Lipinski definition) is 1. The Morgan fingerprint density at radius 1 is 1.00 bits per heavy atom. The molecule has 0 atom stereocenters. The number of rotatable bonds is 8. The van der Waals surface area contributed by atoms with Crippen LogP contribution in [0.5, 0.6) is 17.2 Å². The monoisotopic (exact) mass is 575 g/mol. The maximum absolute atomic E-state index is 12.7. The second-order valence-corrected chi connectivity index (χ2v) is 8.54. The van der Waals surface area contributed by atoms with Gasteiger partial charge in [-0.15, -0.1) is 0 Å². The predicted molar refractivity (Wildman–Crippen MR) is 141 cm³/mol. The van der Waals surface area contributed by atoms with Crippen LogP contribution in [-0.4, -0.2) is 31.0 Å². The molecule has 0 heterocycles. The van der Waals surface area contributed by atoms with Crippen molar-refractivity contribution in [3.05, 3.63) is 90.4 Å². The standard InChI is InChI=1S/C25H16Cl3N3O7/c1-36-17-5-3-14(4-6-17)25(33)38-23-20(28)8-13(9-21(23)37-2)7-15(12-29)24(32)30-22-18(26)10-16(31(34)35)11-19(22)27/h3-11H,1-2H3,(H,30,32)/b15-7+. The summed E-state index contributed by atoms with van der Waals surface area (Å²) in [5.74, 6) is -1.05. The van der Waals surface area contributed by atoms with Gasteiger partial charge in [0.2, 0.25) is 0 Å². The van der Waals surface area contributed by atoms with Crippen molar-refractivity contribution >= 4 is 64.1 Å². The van der Waals surface area contributed by atoms with Crippen LogP contribution in [0.3, 0.4) is 0 Å². The van der Waals surface area contributed by atoms with Crippen LogP contribution in [0.2, 0.25) is 15.1 Å². The first-order valence-electron chi connectivity index (χ1n) is 10.4. The first kappa shape index (κ1) is 28.3. The van der Waals surface area contributed by atoms with E-state index in [1.54, 1.807) is 18.2 Å². The molecule has 0 unspecified atom stereocenters. The normalized spacial score (nSPS) is 10.8. The Labute approximate surface area is 231 Å². The summed E-state index contributed by atoms with van der Waals surface area (Å²) in [5, 5.41) is 22.4. The summed E-state index contributed by atoms with van der Waals surface area (Å²) in [5.41, 5.74) is -0.356. The molecule has 0 fully saturated rings. The van der Waals surface area contributed by atoms with Crippen molar-refractivity contribution in [1.29, 1.82) is 5.26 Å². The number of halogens is 3. The van der Waals surface area contributed by atoms with E-state index in [1.807, 2.05) is 0 Å². The lowest BCUT2D eigenvalue weighted by molar-refractivity contribution is -0.384. The van der Waals surface area contributed by atoms with Gasteiger partial charge in [0.15, 0.2) is 11.5 Å². The van der Waals surface area contributed by atoms with Gasteiger partial charge in [0.1, 0.15) is 17.4 Å². The third-order valence-electron chi connectivity index (χ3n) is 4.92. The summed E-state index contributed by atoms with van der Waals surface area (Å²) >= 11 is 18.4. The number of hydrogen-bond acceptors (Lipinski definition) is 8. The van der Waals surface area contributed by atoms with Crippen LogP contribution < -0.4 is 19.5 Å². The number of nitrogens with zero attached hydrogens (tertiary/aromatic N) is 2. The fourth-order valence-electron chi connectivity index (χ4n) is 3.08. The van der Waals surface area contributed by atoms with Gasteiger partial charge in [-0.1, -0.05) is 34.8 Å². The second kappa shape index (κ2) is 12.3. The van der Waals surface area contributed by atoms with E-state index in [4.69, 9.17) is 49.0 Å². The second-order valence-electron chi connectivity index (χ2n) is 7.32. The highest BCUT2D eigenvalue weighted by Crippen LogP contribution is 2.38. The van der Waals surface area contributed by atoms with E-state index in [2.05, 4.69) is 5.32 Å². The first-order chi connectivity index (χ1) is 18.1. The quantitative estimate of drug-likeness (QED) is 0.0818. The minimum absolute atomic E-state index is 0.0309. The maximum Gasteiger partial charge on any atom is 0.343 e. The molecule has 0 aliphatic rings. The molecule has 0 saturated heterocycles. The van der Waals surface area contributed by atoms with Gasteiger partial charge in [0.05, 0.1) is 45.5 Å². The highest BCUT2D eigenvalue weighted by molar-refractivity contribution is 6.40. The third kappa shape index (κ3) is 6.52. The van der Waals surface area contributed by atoms with E-state index in [1.165, 1.54) is 44.6 Å². The number of carbonyl (C=O) groups is 2. The molecule has 0 saturated carbocycles. The SMILES string of the molecule is COc1ccc(C(=O)Oc2c(Cl)cc(/C=C(\C#N)C(=O)Nc3c(Cl)cc([N+](=O)[O-])cc3Cl)cc2OC)cc1. The summed E-state index contributed by atoms with van der Waals surface area (Å²) in [7, 11) is 2.82. The fraction of sp³-hybridized carbons (Fsp3) is 0.0800. The number of ether oxygens (including phenoxy) is 3. The molecule has 0 aliphatic carbocycles. The Kier molecular flexibility index (Phi) is 9.15. The van der Waals surface area contributed by atoms with Gasteiger partial charge in [0, 0.05) is 12.1 Å². The molecule has 10 nitrogen and oxygen atoms in total. The van der Waals surface area contributed by atoms with Crippen molar-refractivity contribution in [2.24, 2.45) is 0 Å². The number of methoxy groups -OCH3 is 2. The lowest BCUT2D eigenvalue weighted by atomic mass is 10.1. The third-order valence-corrected chi connectivity index (χ3v) is 5.80. The number of benzene rings is 3. The fourth-order valence-corrected chi connectivity index (χ4v) is 3.91. The number of non-ortho nitro benzene ring substituents is 1. The van der Waals surface area contributed by atoms with E-state index >= 15 is 0 Å². The molecule has 13 heteroatoms. The lowest BCUT2D eigenvalue weighted by Crippen LogP contribution is -2.14. The van der Waals surface area contributed by atoms with Crippen LogP contribution in [0.15, 0.2) is 54.1 Å². The minimum atomic E-state index is -0.893. The zero-order chi connectivity index (χ0) is 28.0. The number of carbonyl (C=O) groups excluding carboxylic acids is 2. The first-order valence-corrected chi connectivity index (χ1v) is 11.5. The number of nitro groups is 1. The highest BCUT2D eigenvalue weighted by Gasteiger charge is 2.20. The Balaban J connectivity index is 1.87. The van der Waals surface area contributed by atoms with E-state index in [9.17, 15) is 25.0 Å². The van der Waals surface area contributed by atoms with Gasteiger partial charge in [0.25, 0.3) is 11.6 Å². The molecule has 38 heavy (non-hydrogen) atoms. The Morgan fingerprint density at radius 2 is 1.63 bits per heavy atom. The summed E-state index contributed by atoms with van der Waals surface area (Å²) in [6, 6.07) is 12.7. The highest BCUT2D eigenvalue weighted by atomic mass is 35.5. The molecular weight excluding hydrogens is 561 g/mol. The van der Waals surface area contributed by atoms with Crippen molar-refractivity contribution < 1.29 is 28.7 Å². The number of nitro benzene ring substituents is 1. The van der Waals surface area contributed by atoms with Crippen LogP contribution in [0.1, 0.15) is 15.9 Å². The van der Waals surface area contributed by atoms with Crippen LogP contribution in [-0.2, 0) is 4.79 Å². The average molecular weight is 577 g/mol. The molecule has 0 bridgehead atoms. The van der Waals surface area contributed by atoms with E-state index in [0.717, 1.165) is 12.1 Å². The van der Waals surface area contributed by atoms with Crippen molar-refractivity contribution in [2.75, 3.05) is 19.5 Å². The molecule has 1 amide bonds. The number of nitriles is 1. The van der Waals surface area contributed by atoms with Gasteiger partial charge in [-0.05, 0) is 48.0 Å². The predicted octanol–water partition coefficient (Wildman–Crippen LogP) is 6.34. The molecule has 0 radical (unpaired) electrons. The van der Waals surface area contributed by atoms with Crippen LogP contribution in [0.4, 0.5) is 11.4 Å². The molecule has 3 aromatic carbocycles. The number of esters is 1. The zero-order valence-corrected chi connectivity index (χ0v) is 21.8. The number of nitrogens with one attached hydrogen (secondary N) is 1. The van der Waals surface area contributed by atoms with Crippen LogP contribution >= 0.6 is 34.8 Å². The van der Waals surface area contributed by atoms with E-state index in [0.29, 0.717) is 5.75 Å². The lowest BCUT2D eigenvalue weighted by Gasteiger charge is -2.13. The van der Waals surface area contributed by atoms with E-state index < -0.39 is 16.8 Å². The topological polar surface area (TPSA) is 141 Å². The van der Waals surface area contributed by atoms with Crippen LogP contribution in [0.25, 0.3) is 6.08 Å². The molecular formula is C25H16Cl3N3O7. The summed E-state index contributed by atoms with van der Waals surface area (Å²) < 4.78 is 15.8. The summed E-state index contributed by atoms with van der Waals surface area (Å²) in [4.78, 5) is 35.6. The van der Waals surface area contributed by atoms with Gasteiger partial charge in [-0.3, -0.25) is 14.9 Å². The van der Waals surface area contributed by atoms with Crippen molar-refractivity contribution in [3.63, 3.8) is 0 Å².